The van der Waals surface area contributed by atoms with E-state index in [1.807, 2.05) is 36.4 Å². The fourth-order valence-corrected chi connectivity index (χ4v) is 6.06. The first-order valence-corrected chi connectivity index (χ1v) is 15.2. The summed E-state index contributed by atoms with van der Waals surface area (Å²) in [7, 11) is 0. The Morgan fingerprint density at radius 2 is 0.822 bits per heavy atom. The van der Waals surface area contributed by atoms with Crippen LogP contribution in [0, 0.1) is 0 Å². The van der Waals surface area contributed by atoms with Gasteiger partial charge in [-0.3, -0.25) is 0 Å². The van der Waals surface area contributed by atoms with Crippen LogP contribution in [0.15, 0.2) is 176 Å². The third kappa shape index (κ3) is 5.35. The summed E-state index contributed by atoms with van der Waals surface area (Å²) in [5.41, 5.74) is 8.70. The summed E-state index contributed by atoms with van der Waals surface area (Å²) in [5.74, 6) is 1.58. The van der Waals surface area contributed by atoms with E-state index < -0.39 is 0 Å². The lowest BCUT2D eigenvalue weighted by Gasteiger charge is -2.12. The summed E-state index contributed by atoms with van der Waals surface area (Å²) in [4.78, 5) is 5.05. The van der Waals surface area contributed by atoms with Crippen molar-refractivity contribution < 1.29 is 4.74 Å². The van der Waals surface area contributed by atoms with Gasteiger partial charge in [-0.2, -0.15) is 0 Å². The molecule has 2 nitrogen and oxygen atoms in total. The van der Waals surface area contributed by atoms with Gasteiger partial charge in [0.25, 0.3) is 0 Å². The summed E-state index contributed by atoms with van der Waals surface area (Å²) in [6, 6.07) is 61.2. The zero-order chi connectivity index (χ0) is 30.0. The number of benzene rings is 7. The Bertz CT molecular complexity index is 2200. The van der Waals surface area contributed by atoms with Gasteiger partial charge in [0.1, 0.15) is 11.5 Å². The molecule has 8 rings (SSSR count). The Morgan fingerprint density at radius 3 is 1.47 bits per heavy atom. The van der Waals surface area contributed by atoms with Gasteiger partial charge < -0.3 is 4.74 Å². The van der Waals surface area contributed by atoms with Gasteiger partial charge in [0.05, 0.1) is 11.4 Å². The molecule has 0 radical (unpaired) electrons. The largest absolute Gasteiger partial charge is 0.457 e. The number of ether oxygens (including phenoxy) is 1. The van der Waals surface area contributed by atoms with Gasteiger partial charge in [-0.15, -0.1) is 0 Å². The van der Waals surface area contributed by atoms with Crippen molar-refractivity contribution in [2.75, 3.05) is 0 Å². The SMILES string of the molecule is c1ccc(-c2cc(-c3ccccc3)nc(-c3ccc(Oc4ccc(-c5cc6ccccc6c6ccccc56)cc4)cc3)c2)cc1. The smallest absolute Gasteiger partial charge is 0.127 e. The van der Waals surface area contributed by atoms with Crippen LogP contribution in [0.1, 0.15) is 0 Å². The lowest BCUT2D eigenvalue weighted by atomic mass is 9.93. The highest BCUT2D eigenvalue weighted by Crippen LogP contribution is 2.36. The van der Waals surface area contributed by atoms with Crippen LogP contribution in [0.25, 0.3) is 66.3 Å². The minimum atomic E-state index is 0.783. The van der Waals surface area contributed by atoms with E-state index >= 15 is 0 Å². The minimum Gasteiger partial charge on any atom is -0.457 e. The van der Waals surface area contributed by atoms with Crippen molar-refractivity contribution in [3.05, 3.63) is 176 Å². The number of fused-ring (bicyclic) bond motifs is 3. The predicted molar refractivity (Wildman–Crippen MR) is 188 cm³/mol. The Labute approximate surface area is 262 Å². The molecule has 7 aromatic carbocycles. The predicted octanol–water partition coefficient (Wildman–Crippen LogP) is 11.8. The van der Waals surface area contributed by atoms with E-state index in [1.165, 1.54) is 38.2 Å². The number of hydrogen-bond acceptors (Lipinski definition) is 2. The number of rotatable bonds is 6. The first kappa shape index (κ1) is 26.6. The molecular formula is C43H29NO. The summed E-state index contributed by atoms with van der Waals surface area (Å²) in [6.07, 6.45) is 0. The number of aromatic nitrogens is 1. The normalized spacial score (nSPS) is 11.1. The minimum absolute atomic E-state index is 0.783. The van der Waals surface area contributed by atoms with Crippen LogP contribution >= 0.6 is 0 Å². The van der Waals surface area contributed by atoms with E-state index in [0.717, 1.165) is 39.6 Å². The maximum Gasteiger partial charge on any atom is 0.127 e. The van der Waals surface area contributed by atoms with E-state index in [4.69, 9.17) is 9.72 Å². The quantitative estimate of drug-likeness (QED) is 0.184. The van der Waals surface area contributed by atoms with Gasteiger partial charge >= 0.3 is 0 Å². The van der Waals surface area contributed by atoms with Gasteiger partial charge in [0.2, 0.25) is 0 Å². The van der Waals surface area contributed by atoms with Gasteiger partial charge in [-0.05, 0) is 98.4 Å². The van der Waals surface area contributed by atoms with E-state index in [9.17, 15) is 0 Å². The lowest BCUT2D eigenvalue weighted by Crippen LogP contribution is -1.91. The Kier molecular flexibility index (Phi) is 6.86. The molecule has 0 fully saturated rings. The van der Waals surface area contributed by atoms with Crippen molar-refractivity contribution >= 4 is 21.5 Å². The van der Waals surface area contributed by atoms with E-state index in [-0.39, 0.29) is 0 Å². The van der Waals surface area contributed by atoms with Crippen LogP contribution in [-0.4, -0.2) is 4.98 Å². The topological polar surface area (TPSA) is 22.1 Å². The first-order valence-electron chi connectivity index (χ1n) is 15.2. The third-order valence-corrected chi connectivity index (χ3v) is 8.32. The molecule has 0 aliphatic carbocycles. The molecule has 1 aromatic heterocycles. The Balaban J connectivity index is 1.08. The van der Waals surface area contributed by atoms with Gasteiger partial charge in [-0.1, -0.05) is 121 Å². The summed E-state index contributed by atoms with van der Waals surface area (Å²) in [6.45, 7) is 0. The molecule has 8 aromatic rings. The van der Waals surface area contributed by atoms with Crippen LogP contribution in [0.3, 0.4) is 0 Å². The zero-order valence-corrected chi connectivity index (χ0v) is 24.6. The highest BCUT2D eigenvalue weighted by atomic mass is 16.5. The second-order valence-corrected chi connectivity index (χ2v) is 11.2. The maximum absolute atomic E-state index is 6.28. The molecule has 0 saturated heterocycles. The molecule has 0 aliphatic heterocycles. The van der Waals surface area contributed by atoms with E-state index in [0.29, 0.717) is 0 Å². The lowest BCUT2D eigenvalue weighted by molar-refractivity contribution is 0.483. The molecule has 0 spiro atoms. The molecule has 0 unspecified atom stereocenters. The molecule has 0 atom stereocenters. The van der Waals surface area contributed by atoms with Crippen LogP contribution < -0.4 is 4.74 Å². The average molecular weight is 576 g/mol. The fourth-order valence-electron chi connectivity index (χ4n) is 6.06. The molecule has 0 amide bonds. The molecule has 0 N–H and O–H groups in total. The van der Waals surface area contributed by atoms with Crippen LogP contribution in [-0.2, 0) is 0 Å². The summed E-state index contributed by atoms with van der Waals surface area (Å²) < 4.78 is 6.28. The van der Waals surface area contributed by atoms with E-state index in [2.05, 4.69) is 140 Å². The second-order valence-electron chi connectivity index (χ2n) is 11.2. The van der Waals surface area contributed by atoms with Crippen molar-refractivity contribution in [2.24, 2.45) is 0 Å². The number of hydrogen-bond donors (Lipinski definition) is 0. The summed E-state index contributed by atoms with van der Waals surface area (Å²) in [5, 5.41) is 5.04. The standard InChI is InChI=1S/C43H29NO/c1-3-11-30(12-4-1)35-28-42(32-13-5-2-6-14-32)44-43(29-35)33-21-25-37(26-22-33)45-36-23-19-31(20-24-36)41-27-34-15-7-8-16-38(34)39-17-9-10-18-40(39)41/h1-29H. The number of nitrogens with zero attached hydrogens (tertiary/aromatic N) is 1. The van der Waals surface area contributed by atoms with Crippen LogP contribution in [0.5, 0.6) is 11.5 Å². The Hall–Kier alpha value is -5.99. The highest BCUT2D eigenvalue weighted by Gasteiger charge is 2.11. The molecule has 1 heterocycles. The molecule has 0 aliphatic rings. The van der Waals surface area contributed by atoms with Crippen molar-refractivity contribution in [3.63, 3.8) is 0 Å². The molecule has 2 heteroatoms. The highest BCUT2D eigenvalue weighted by molar-refractivity contribution is 6.13. The van der Waals surface area contributed by atoms with Crippen LogP contribution in [0.2, 0.25) is 0 Å². The van der Waals surface area contributed by atoms with Crippen molar-refractivity contribution in [2.45, 2.75) is 0 Å². The van der Waals surface area contributed by atoms with Gasteiger partial charge in [0.15, 0.2) is 0 Å². The zero-order valence-electron chi connectivity index (χ0n) is 24.6. The average Bonchev–Trinajstić information content (AvgIpc) is 3.12. The maximum atomic E-state index is 6.28. The van der Waals surface area contributed by atoms with Crippen molar-refractivity contribution in [3.8, 4) is 56.3 Å². The molecule has 0 bridgehead atoms. The van der Waals surface area contributed by atoms with Crippen molar-refractivity contribution in [1.82, 2.24) is 4.98 Å². The van der Waals surface area contributed by atoms with Gasteiger partial charge in [0, 0.05) is 11.1 Å². The molecule has 0 saturated carbocycles. The Morgan fingerprint density at radius 1 is 0.333 bits per heavy atom. The van der Waals surface area contributed by atoms with Crippen LogP contribution in [0.4, 0.5) is 0 Å². The molecule has 45 heavy (non-hydrogen) atoms. The summed E-state index contributed by atoms with van der Waals surface area (Å²) >= 11 is 0. The number of pyridine rings is 1. The third-order valence-electron chi connectivity index (χ3n) is 8.32. The first-order chi connectivity index (χ1) is 22.3. The van der Waals surface area contributed by atoms with E-state index in [1.54, 1.807) is 0 Å². The fraction of sp³-hybridized carbons (Fsp3) is 0. The van der Waals surface area contributed by atoms with Gasteiger partial charge in [-0.25, -0.2) is 4.98 Å². The monoisotopic (exact) mass is 575 g/mol. The second kappa shape index (κ2) is 11.6. The molecule has 212 valence electrons. The van der Waals surface area contributed by atoms with Crippen molar-refractivity contribution in [1.29, 1.82) is 0 Å². The molecular weight excluding hydrogens is 546 g/mol.